The number of H-pyrrole nitrogens is 1. The molecule has 3 aromatic rings. The predicted molar refractivity (Wildman–Crippen MR) is 89.4 cm³/mol. The summed E-state index contributed by atoms with van der Waals surface area (Å²) in [5, 5.41) is 21.4. The molecule has 0 unspecified atom stereocenters. The van der Waals surface area contributed by atoms with Crippen LogP contribution in [-0.4, -0.2) is 21.0 Å². The molecule has 3 N–H and O–H groups in total. The molecule has 6 heteroatoms. The molecule has 1 heterocycles. The highest BCUT2D eigenvalue weighted by Crippen LogP contribution is 2.21. The molecule has 1 atom stereocenters. The molecular weight excluding hydrogens is 304 g/mol. The van der Waals surface area contributed by atoms with E-state index in [4.69, 9.17) is 5.26 Å². The molecule has 0 fully saturated rings. The van der Waals surface area contributed by atoms with E-state index in [1.54, 1.807) is 0 Å². The van der Waals surface area contributed by atoms with Crippen LogP contribution >= 0.6 is 0 Å². The van der Waals surface area contributed by atoms with Gasteiger partial charge in [-0.25, -0.2) is 4.98 Å². The van der Waals surface area contributed by atoms with Gasteiger partial charge in [0.2, 0.25) is 0 Å². The highest BCUT2D eigenvalue weighted by Gasteiger charge is 2.18. The minimum absolute atomic E-state index is 0.135. The van der Waals surface area contributed by atoms with Gasteiger partial charge in [0.15, 0.2) is 0 Å². The van der Waals surface area contributed by atoms with Crippen molar-refractivity contribution in [2.75, 3.05) is 0 Å². The van der Waals surface area contributed by atoms with Gasteiger partial charge in [0.1, 0.15) is 17.6 Å². The predicted octanol–water partition coefficient (Wildman–Crippen LogP) is 3.02. The van der Waals surface area contributed by atoms with E-state index in [-0.39, 0.29) is 23.3 Å². The van der Waals surface area contributed by atoms with Crippen LogP contribution in [0.15, 0.2) is 42.5 Å². The Morgan fingerprint density at radius 1 is 1.38 bits per heavy atom. The number of imidazole rings is 1. The van der Waals surface area contributed by atoms with Crippen molar-refractivity contribution in [3.63, 3.8) is 0 Å². The molecule has 3 rings (SSSR count). The minimum atomic E-state index is -0.331. The van der Waals surface area contributed by atoms with Crippen molar-refractivity contribution < 1.29 is 9.90 Å². The number of carbonyl (C=O) groups is 1. The second-order valence-corrected chi connectivity index (χ2v) is 5.42. The van der Waals surface area contributed by atoms with Gasteiger partial charge in [-0.2, -0.15) is 5.26 Å². The van der Waals surface area contributed by atoms with Gasteiger partial charge in [0.25, 0.3) is 5.91 Å². The highest BCUT2D eigenvalue weighted by molar-refractivity contribution is 5.95. The molecule has 0 radical (unpaired) electrons. The van der Waals surface area contributed by atoms with Crippen LogP contribution in [0.3, 0.4) is 0 Å². The number of carbonyl (C=O) groups excluding carboxylic acids is 1. The van der Waals surface area contributed by atoms with Crippen LogP contribution in [0.5, 0.6) is 5.75 Å². The number of nitriles is 1. The second kappa shape index (κ2) is 6.42. The summed E-state index contributed by atoms with van der Waals surface area (Å²) in [7, 11) is 0. The molecule has 24 heavy (non-hydrogen) atoms. The van der Waals surface area contributed by atoms with E-state index in [9.17, 15) is 9.90 Å². The summed E-state index contributed by atoms with van der Waals surface area (Å²) in [4.78, 5) is 20.1. The number of nitrogens with one attached hydrogen (secondary N) is 2. The van der Waals surface area contributed by atoms with Gasteiger partial charge in [0.05, 0.1) is 22.6 Å². The topological polar surface area (TPSA) is 102 Å². The van der Waals surface area contributed by atoms with E-state index in [1.165, 1.54) is 18.2 Å². The Balaban J connectivity index is 1.83. The Kier molecular flexibility index (Phi) is 4.17. The van der Waals surface area contributed by atoms with Crippen LogP contribution in [0.1, 0.15) is 41.1 Å². The Morgan fingerprint density at radius 3 is 2.83 bits per heavy atom. The summed E-state index contributed by atoms with van der Waals surface area (Å²) >= 11 is 0. The summed E-state index contributed by atoms with van der Waals surface area (Å²) in [6, 6.07) is 13.5. The normalized spacial score (nSPS) is 11.8. The van der Waals surface area contributed by atoms with Crippen LogP contribution in [0.4, 0.5) is 0 Å². The standard InChI is InChI=1S/C18H16N4O2/c1-2-13(17-20-14-5-3-4-6-15(14)21-17)22-18(24)11-7-8-12(10-19)16(23)9-11/h3-9,13,23H,2H2,1H3,(H,20,21)(H,22,24)/t13-/m1/s1. The number of hydrogen-bond donors (Lipinski definition) is 3. The number of aromatic nitrogens is 2. The first-order valence-corrected chi connectivity index (χ1v) is 7.61. The lowest BCUT2D eigenvalue weighted by Crippen LogP contribution is -2.28. The Labute approximate surface area is 138 Å². The van der Waals surface area contributed by atoms with Crippen LogP contribution in [0, 0.1) is 11.3 Å². The van der Waals surface area contributed by atoms with Gasteiger partial charge in [-0.15, -0.1) is 0 Å². The molecule has 0 aliphatic carbocycles. The van der Waals surface area contributed by atoms with Crippen molar-refractivity contribution >= 4 is 16.9 Å². The van der Waals surface area contributed by atoms with Gasteiger partial charge < -0.3 is 15.4 Å². The molecule has 1 amide bonds. The molecule has 0 saturated carbocycles. The van der Waals surface area contributed by atoms with Gasteiger partial charge in [-0.1, -0.05) is 19.1 Å². The largest absolute Gasteiger partial charge is 0.507 e. The number of hydrogen-bond acceptors (Lipinski definition) is 4. The van der Waals surface area contributed by atoms with Gasteiger partial charge in [-0.3, -0.25) is 4.79 Å². The van der Waals surface area contributed by atoms with E-state index in [1.807, 2.05) is 37.3 Å². The number of rotatable bonds is 4. The number of para-hydroxylation sites is 2. The minimum Gasteiger partial charge on any atom is -0.507 e. The maximum absolute atomic E-state index is 12.4. The third kappa shape index (κ3) is 2.92. The number of amides is 1. The highest BCUT2D eigenvalue weighted by atomic mass is 16.3. The van der Waals surface area contributed by atoms with E-state index < -0.39 is 0 Å². The Bertz CT molecular complexity index is 907. The number of phenolic OH excluding ortho intramolecular Hbond substituents is 1. The molecule has 0 spiro atoms. The summed E-state index contributed by atoms with van der Waals surface area (Å²) in [6.07, 6.45) is 0.661. The number of benzene rings is 2. The van der Waals surface area contributed by atoms with E-state index in [2.05, 4.69) is 15.3 Å². The summed E-state index contributed by atoms with van der Waals surface area (Å²) in [6.45, 7) is 1.95. The molecule has 120 valence electrons. The monoisotopic (exact) mass is 320 g/mol. The molecular formula is C18H16N4O2. The van der Waals surface area contributed by atoms with Crippen molar-refractivity contribution in [2.24, 2.45) is 0 Å². The first kappa shape index (κ1) is 15.6. The molecule has 0 aliphatic heterocycles. The van der Waals surface area contributed by atoms with Gasteiger partial charge >= 0.3 is 0 Å². The number of fused-ring (bicyclic) bond motifs is 1. The maximum Gasteiger partial charge on any atom is 0.252 e. The van der Waals surface area contributed by atoms with Crippen molar-refractivity contribution in [2.45, 2.75) is 19.4 Å². The fourth-order valence-electron chi connectivity index (χ4n) is 2.51. The third-order valence-electron chi connectivity index (χ3n) is 3.83. The number of phenols is 1. The van der Waals surface area contributed by atoms with Crippen LogP contribution in [0.2, 0.25) is 0 Å². The van der Waals surface area contributed by atoms with Crippen LogP contribution < -0.4 is 5.32 Å². The molecule has 0 bridgehead atoms. The van der Waals surface area contributed by atoms with Gasteiger partial charge in [-0.05, 0) is 36.8 Å². The lowest BCUT2D eigenvalue weighted by atomic mass is 10.1. The van der Waals surface area contributed by atoms with Crippen molar-refractivity contribution in [3.05, 3.63) is 59.4 Å². The summed E-state index contributed by atoms with van der Waals surface area (Å²) < 4.78 is 0. The SMILES string of the molecule is CC[C@@H](NC(=O)c1ccc(C#N)c(O)c1)c1nc2ccccc2[nH]1. The smallest absolute Gasteiger partial charge is 0.252 e. The zero-order valence-electron chi connectivity index (χ0n) is 13.1. The molecule has 0 saturated heterocycles. The molecule has 6 nitrogen and oxygen atoms in total. The van der Waals surface area contributed by atoms with E-state index >= 15 is 0 Å². The zero-order valence-corrected chi connectivity index (χ0v) is 13.1. The second-order valence-electron chi connectivity index (χ2n) is 5.42. The first-order valence-electron chi connectivity index (χ1n) is 7.61. The average molecular weight is 320 g/mol. The maximum atomic E-state index is 12.4. The van der Waals surface area contributed by atoms with Crippen molar-refractivity contribution in [3.8, 4) is 11.8 Å². The quantitative estimate of drug-likeness (QED) is 0.687. The van der Waals surface area contributed by atoms with Crippen molar-refractivity contribution in [1.82, 2.24) is 15.3 Å². The Hall–Kier alpha value is -3.33. The van der Waals surface area contributed by atoms with E-state index in [0.29, 0.717) is 17.8 Å². The lowest BCUT2D eigenvalue weighted by Gasteiger charge is -2.15. The first-order chi connectivity index (χ1) is 11.6. The van der Waals surface area contributed by atoms with Crippen molar-refractivity contribution in [1.29, 1.82) is 5.26 Å². The lowest BCUT2D eigenvalue weighted by molar-refractivity contribution is 0.0933. The average Bonchev–Trinajstić information content (AvgIpc) is 3.03. The number of aromatic hydroxyl groups is 1. The fourth-order valence-corrected chi connectivity index (χ4v) is 2.51. The number of nitrogens with zero attached hydrogens (tertiary/aromatic N) is 2. The van der Waals surface area contributed by atoms with Crippen LogP contribution in [-0.2, 0) is 0 Å². The zero-order chi connectivity index (χ0) is 17.1. The molecule has 2 aromatic carbocycles. The third-order valence-corrected chi connectivity index (χ3v) is 3.83. The molecule has 1 aromatic heterocycles. The Morgan fingerprint density at radius 2 is 2.17 bits per heavy atom. The number of aromatic amines is 1. The molecule has 0 aliphatic rings. The van der Waals surface area contributed by atoms with E-state index in [0.717, 1.165) is 11.0 Å². The van der Waals surface area contributed by atoms with Gasteiger partial charge in [0, 0.05) is 5.56 Å². The summed E-state index contributed by atoms with van der Waals surface area (Å²) in [5.41, 5.74) is 2.18. The summed E-state index contributed by atoms with van der Waals surface area (Å²) in [5.74, 6) is 0.147. The van der Waals surface area contributed by atoms with Crippen LogP contribution in [0.25, 0.3) is 11.0 Å². The fraction of sp³-hybridized carbons (Fsp3) is 0.167.